The van der Waals surface area contributed by atoms with Crippen LogP contribution in [-0.2, 0) is 4.79 Å². The quantitative estimate of drug-likeness (QED) is 0.599. The van der Waals surface area contributed by atoms with Gasteiger partial charge in [-0.1, -0.05) is 35.2 Å². The van der Waals surface area contributed by atoms with Crippen molar-refractivity contribution in [3.05, 3.63) is 35.9 Å². The van der Waals surface area contributed by atoms with Gasteiger partial charge in [-0.3, -0.25) is 4.79 Å². The molecular weight excluding hydrogens is 390 g/mol. The van der Waals surface area contributed by atoms with Gasteiger partial charge in [0.25, 0.3) is 5.91 Å². The largest absolute Gasteiger partial charge is 0.470 e. The zero-order chi connectivity index (χ0) is 20.6. The number of rotatable bonds is 4. The summed E-state index contributed by atoms with van der Waals surface area (Å²) in [4.78, 5) is 8.17. The van der Waals surface area contributed by atoms with Crippen LogP contribution in [0, 0.1) is 0 Å². The van der Waals surface area contributed by atoms with Crippen LogP contribution in [0.4, 0.5) is 43.9 Å². The summed E-state index contributed by atoms with van der Waals surface area (Å²) in [7, 11) is 0. The van der Waals surface area contributed by atoms with Crippen molar-refractivity contribution in [1.29, 1.82) is 0 Å². The molecule has 0 bridgehead atoms. The predicted molar refractivity (Wildman–Crippen MR) is 66.8 cm³/mol. The number of amides is 1. The first-order chi connectivity index (χ1) is 11.5. The molecule has 13 heteroatoms. The van der Waals surface area contributed by atoms with E-state index in [9.17, 15) is 48.7 Å². The molecule has 1 aromatic carbocycles. The zero-order valence-corrected chi connectivity index (χ0v) is 12.6. The second-order valence-corrected chi connectivity index (χ2v) is 5.00. The Kier molecular flexibility index (Phi) is 5.86. The third-order valence-electron chi connectivity index (χ3n) is 3.14. The van der Waals surface area contributed by atoms with Crippen molar-refractivity contribution in [2.45, 2.75) is 37.5 Å². The van der Waals surface area contributed by atoms with Crippen LogP contribution in [0.2, 0.25) is 0 Å². The highest BCUT2D eigenvalue weighted by Gasteiger charge is 2.78. The molecule has 148 valence electrons. The van der Waals surface area contributed by atoms with Crippen molar-refractivity contribution in [3.63, 3.8) is 0 Å². The fraction of sp³-hybridized carbons (Fsp3) is 0.462. The molecule has 0 aliphatic rings. The van der Waals surface area contributed by atoms with Crippen molar-refractivity contribution in [3.8, 4) is 0 Å². The number of nitrogens with zero attached hydrogens (tertiary/aromatic N) is 1. The Bertz CT molecular complexity index is 611. The minimum Gasteiger partial charge on any atom is -0.345 e. The van der Waals surface area contributed by atoms with Gasteiger partial charge in [-0.25, -0.2) is 4.39 Å². The maximum Gasteiger partial charge on any atom is 0.470 e. The van der Waals surface area contributed by atoms with E-state index >= 15 is 0 Å². The molecule has 0 heterocycles. The van der Waals surface area contributed by atoms with Gasteiger partial charge in [0, 0.05) is 0 Å². The number of nitrogens with one attached hydrogen (secondary N) is 1. The normalized spacial score (nSPS) is 16.9. The van der Waals surface area contributed by atoms with Crippen LogP contribution in [0.3, 0.4) is 0 Å². The predicted octanol–water partition coefficient (Wildman–Crippen LogP) is 4.43. The molecule has 1 aromatic rings. The number of hydrogen-bond acceptors (Lipinski definition) is 2. The topological polar surface area (TPSA) is 32.3 Å². The van der Waals surface area contributed by atoms with Crippen LogP contribution in [0.25, 0.3) is 0 Å². The van der Waals surface area contributed by atoms with Crippen LogP contribution in [0.1, 0.15) is 18.5 Å². The lowest BCUT2D eigenvalue weighted by Crippen LogP contribution is -2.71. The van der Waals surface area contributed by atoms with Crippen molar-refractivity contribution in [2.75, 3.05) is 0 Å². The van der Waals surface area contributed by atoms with E-state index < -0.39 is 41.4 Å². The third-order valence-corrected chi connectivity index (χ3v) is 3.14. The minimum absolute atomic E-state index is 0.0240. The average molecular weight is 400 g/mol. The van der Waals surface area contributed by atoms with Gasteiger partial charge in [-0.05, 0) is 12.5 Å². The first kappa shape index (κ1) is 22.0. The Morgan fingerprint density at radius 2 is 1.31 bits per heavy atom. The number of halogens is 10. The van der Waals surface area contributed by atoms with Gasteiger partial charge in [0.2, 0.25) is 0 Å². The van der Waals surface area contributed by atoms with Crippen LogP contribution in [0.5, 0.6) is 0 Å². The lowest BCUT2D eigenvalue weighted by atomic mass is 10.1. The zero-order valence-electron chi connectivity index (χ0n) is 12.6. The second kappa shape index (κ2) is 6.93. The second-order valence-electron chi connectivity index (χ2n) is 5.00. The van der Waals surface area contributed by atoms with E-state index in [1.165, 1.54) is 35.6 Å². The Balaban J connectivity index is 3.37. The van der Waals surface area contributed by atoms with Gasteiger partial charge < -0.3 is 5.32 Å². The standard InChI is InChI=1S/C13H10F10N2O/c1-7(8-5-3-2-4-6-8)24-9(26)10(14,11(15,16)17)25(12(18,19)20)13(21,22)23/h2-7H,1H3,(H,24,26)/t7-,10+/m0/s1. The van der Waals surface area contributed by atoms with Gasteiger partial charge >= 0.3 is 24.6 Å². The molecule has 0 fully saturated rings. The molecule has 0 aliphatic carbocycles. The summed E-state index contributed by atoms with van der Waals surface area (Å²) in [6, 6.07) is 5.03. The molecular formula is C13H10F10N2O. The van der Waals surface area contributed by atoms with Crippen LogP contribution in [-0.4, -0.2) is 35.4 Å². The van der Waals surface area contributed by atoms with Crippen LogP contribution in [0.15, 0.2) is 30.3 Å². The number of alkyl halides is 10. The highest BCUT2D eigenvalue weighted by atomic mass is 19.4. The number of hydrogen-bond donors (Lipinski definition) is 1. The molecule has 0 aliphatic heterocycles. The first-order valence-electron chi connectivity index (χ1n) is 6.58. The van der Waals surface area contributed by atoms with Crippen LogP contribution < -0.4 is 5.32 Å². The Hall–Kier alpha value is -2.05. The number of carbonyl (C=O) groups is 1. The summed E-state index contributed by atoms with van der Waals surface area (Å²) in [6.45, 7) is 0.954. The van der Waals surface area contributed by atoms with Crippen LogP contribution >= 0.6 is 0 Å². The molecule has 1 rings (SSSR count). The summed E-state index contributed by atoms with van der Waals surface area (Å²) in [6.07, 6.45) is -20.6. The van der Waals surface area contributed by atoms with Gasteiger partial charge in [0.05, 0.1) is 6.04 Å². The molecule has 0 spiro atoms. The highest BCUT2D eigenvalue weighted by Crippen LogP contribution is 2.48. The van der Waals surface area contributed by atoms with E-state index in [0.29, 0.717) is 0 Å². The van der Waals surface area contributed by atoms with E-state index in [1.807, 2.05) is 0 Å². The van der Waals surface area contributed by atoms with E-state index in [4.69, 9.17) is 0 Å². The molecule has 3 nitrogen and oxygen atoms in total. The van der Waals surface area contributed by atoms with E-state index in [2.05, 4.69) is 0 Å². The smallest absolute Gasteiger partial charge is 0.345 e. The van der Waals surface area contributed by atoms with E-state index in [-0.39, 0.29) is 5.56 Å². The Morgan fingerprint density at radius 3 is 1.65 bits per heavy atom. The Morgan fingerprint density at radius 1 is 0.885 bits per heavy atom. The SMILES string of the molecule is C[C@H](NC(=O)[C@@](F)(N(C(F)(F)F)C(F)(F)F)C(F)(F)F)c1ccccc1. The van der Waals surface area contributed by atoms with Crippen molar-refractivity contribution in [2.24, 2.45) is 0 Å². The molecule has 26 heavy (non-hydrogen) atoms. The van der Waals surface area contributed by atoms with Crippen molar-refractivity contribution < 1.29 is 48.7 Å². The molecule has 0 radical (unpaired) electrons. The number of carbonyl (C=O) groups excluding carboxylic acids is 1. The summed E-state index contributed by atoms with van der Waals surface area (Å²) in [5.74, 6) is -9.58. The number of benzene rings is 1. The lowest BCUT2D eigenvalue weighted by Gasteiger charge is -2.38. The molecule has 0 saturated carbocycles. The van der Waals surface area contributed by atoms with Gasteiger partial charge in [-0.15, -0.1) is 0 Å². The summed E-state index contributed by atoms with van der Waals surface area (Å²) in [5, 5.41) is 1.19. The minimum atomic E-state index is -6.88. The third kappa shape index (κ3) is 4.37. The first-order valence-corrected chi connectivity index (χ1v) is 6.58. The van der Waals surface area contributed by atoms with E-state index in [1.54, 1.807) is 0 Å². The molecule has 1 amide bonds. The van der Waals surface area contributed by atoms with Gasteiger partial charge in [-0.2, -0.15) is 39.5 Å². The molecule has 0 aromatic heterocycles. The summed E-state index contributed by atoms with van der Waals surface area (Å²) in [5.41, 5.74) is 0.0240. The molecule has 0 unspecified atom stereocenters. The lowest BCUT2D eigenvalue weighted by molar-refractivity contribution is -0.444. The van der Waals surface area contributed by atoms with E-state index in [0.717, 1.165) is 6.92 Å². The Labute approximate surface area is 139 Å². The maximum atomic E-state index is 14.2. The summed E-state index contributed by atoms with van der Waals surface area (Å²) >= 11 is 0. The van der Waals surface area contributed by atoms with Crippen molar-refractivity contribution >= 4 is 5.91 Å². The highest BCUT2D eigenvalue weighted by molar-refractivity contribution is 5.86. The van der Waals surface area contributed by atoms with Crippen molar-refractivity contribution in [1.82, 2.24) is 10.2 Å². The molecule has 1 N–H and O–H groups in total. The maximum absolute atomic E-state index is 14.2. The fourth-order valence-electron chi connectivity index (χ4n) is 1.97. The van der Waals surface area contributed by atoms with Gasteiger partial charge in [0.1, 0.15) is 0 Å². The fourth-order valence-corrected chi connectivity index (χ4v) is 1.97. The average Bonchev–Trinajstić information content (AvgIpc) is 2.43. The molecule has 0 saturated heterocycles. The summed E-state index contributed by atoms with van der Waals surface area (Å²) < 4.78 is 128. The van der Waals surface area contributed by atoms with Gasteiger partial charge in [0.15, 0.2) is 0 Å². The molecule has 2 atom stereocenters. The monoisotopic (exact) mass is 400 g/mol.